The SMILES string of the molecule is c1ccc(-c2ccc(-c3nc(-c4ccccc4)nc(-c4ccccc4)n3)c(-n3c4cc(-n5c6ccccc6c6ccccc65)ccc4c4c(-c5cccc6c5c5ccccc5n6-c5ccccc5)cccc43)c2)cc1. The van der Waals surface area contributed by atoms with Crippen LogP contribution in [0.4, 0.5) is 0 Å². The maximum absolute atomic E-state index is 5.37. The molecule has 0 saturated carbocycles. The molecule has 0 saturated heterocycles. The highest BCUT2D eigenvalue weighted by Gasteiger charge is 2.25. The summed E-state index contributed by atoms with van der Waals surface area (Å²) < 4.78 is 7.28. The lowest BCUT2D eigenvalue weighted by Crippen LogP contribution is -2.04. The molecular formula is C69H44N6. The monoisotopic (exact) mass is 956 g/mol. The Labute approximate surface area is 432 Å². The summed E-state index contributed by atoms with van der Waals surface area (Å²) in [6.45, 7) is 0. The average Bonchev–Trinajstić information content (AvgIpc) is 4.19. The summed E-state index contributed by atoms with van der Waals surface area (Å²) in [5.74, 6) is 1.80. The van der Waals surface area contributed by atoms with E-state index in [0.29, 0.717) is 17.5 Å². The van der Waals surface area contributed by atoms with Crippen molar-refractivity contribution in [2.24, 2.45) is 0 Å². The molecule has 0 aliphatic heterocycles. The van der Waals surface area contributed by atoms with Gasteiger partial charge in [0.25, 0.3) is 0 Å². The second kappa shape index (κ2) is 17.3. The fourth-order valence-electron chi connectivity index (χ4n) is 11.6. The third-order valence-corrected chi connectivity index (χ3v) is 14.9. The van der Waals surface area contributed by atoms with Gasteiger partial charge in [0.15, 0.2) is 17.5 Å². The molecule has 6 heteroatoms. The van der Waals surface area contributed by atoms with Crippen LogP contribution in [0.1, 0.15) is 0 Å². The number of benzene rings is 11. The van der Waals surface area contributed by atoms with Gasteiger partial charge in [-0.25, -0.2) is 15.0 Å². The molecule has 15 rings (SSSR count). The first-order valence-electron chi connectivity index (χ1n) is 25.4. The van der Waals surface area contributed by atoms with Crippen molar-refractivity contribution in [1.82, 2.24) is 28.7 Å². The number of rotatable bonds is 8. The summed E-state index contributed by atoms with van der Waals surface area (Å²) in [5, 5.41) is 7.15. The second-order valence-electron chi connectivity index (χ2n) is 19.1. The van der Waals surface area contributed by atoms with Crippen LogP contribution in [0.15, 0.2) is 267 Å². The summed E-state index contributed by atoms with van der Waals surface area (Å²) in [5.41, 5.74) is 17.1. The summed E-state index contributed by atoms with van der Waals surface area (Å²) in [6.07, 6.45) is 0. The van der Waals surface area contributed by atoms with Crippen molar-refractivity contribution in [1.29, 1.82) is 0 Å². The quantitative estimate of drug-likeness (QED) is 0.152. The van der Waals surface area contributed by atoms with E-state index in [0.717, 1.165) is 88.8 Å². The van der Waals surface area contributed by atoms with E-state index in [4.69, 9.17) is 15.0 Å². The number of hydrogen-bond donors (Lipinski definition) is 0. The molecule has 0 unspecified atom stereocenters. The van der Waals surface area contributed by atoms with Crippen LogP contribution < -0.4 is 0 Å². The van der Waals surface area contributed by atoms with Gasteiger partial charge in [0, 0.05) is 60.4 Å². The molecule has 0 N–H and O–H groups in total. The van der Waals surface area contributed by atoms with E-state index in [1.165, 1.54) is 32.6 Å². The molecule has 0 radical (unpaired) electrons. The van der Waals surface area contributed by atoms with Crippen LogP contribution in [-0.2, 0) is 0 Å². The van der Waals surface area contributed by atoms with Crippen molar-refractivity contribution in [2.75, 3.05) is 0 Å². The molecular weight excluding hydrogens is 913 g/mol. The predicted molar refractivity (Wildman–Crippen MR) is 310 cm³/mol. The molecule has 4 heterocycles. The molecule has 75 heavy (non-hydrogen) atoms. The molecule has 0 atom stereocenters. The Balaban J connectivity index is 1.07. The van der Waals surface area contributed by atoms with Crippen molar-refractivity contribution in [3.8, 4) is 73.5 Å². The van der Waals surface area contributed by atoms with Gasteiger partial charge in [0.05, 0.1) is 38.8 Å². The van der Waals surface area contributed by atoms with Crippen molar-refractivity contribution in [3.63, 3.8) is 0 Å². The van der Waals surface area contributed by atoms with Gasteiger partial charge < -0.3 is 13.7 Å². The van der Waals surface area contributed by atoms with Crippen LogP contribution >= 0.6 is 0 Å². The van der Waals surface area contributed by atoms with Gasteiger partial charge in [0.2, 0.25) is 0 Å². The Morgan fingerprint density at radius 1 is 0.227 bits per heavy atom. The van der Waals surface area contributed by atoms with E-state index in [2.05, 4.69) is 244 Å². The zero-order chi connectivity index (χ0) is 49.4. The number of aromatic nitrogens is 6. The summed E-state index contributed by atoms with van der Waals surface area (Å²) >= 11 is 0. The first kappa shape index (κ1) is 42.5. The van der Waals surface area contributed by atoms with E-state index in [1.807, 2.05) is 36.4 Å². The summed E-state index contributed by atoms with van der Waals surface area (Å²) in [7, 11) is 0. The Morgan fingerprint density at radius 3 is 1.25 bits per heavy atom. The van der Waals surface area contributed by atoms with E-state index >= 15 is 0 Å². The highest BCUT2D eigenvalue weighted by atomic mass is 15.1. The second-order valence-corrected chi connectivity index (χ2v) is 19.1. The van der Waals surface area contributed by atoms with E-state index in [-0.39, 0.29) is 0 Å². The van der Waals surface area contributed by atoms with Crippen molar-refractivity contribution >= 4 is 65.4 Å². The minimum Gasteiger partial charge on any atom is -0.309 e. The lowest BCUT2D eigenvalue weighted by molar-refractivity contribution is 1.06. The molecule has 350 valence electrons. The van der Waals surface area contributed by atoms with Gasteiger partial charge >= 0.3 is 0 Å². The lowest BCUT2D eigenvalue weighted by Gasteiger charge is -2.17. The van der Waals surface area contributed by atoms with E-state index in [1.54, 1.807) is 0 Å². The zero-order valence-corrected chi connectivity index (χ0v) is 40.6. The zero-order valence-electron chi connectivity index (χ0n) is 40.6. The smallest absolute Gasteiger partial charge is 0.166 e. The summed E-state index contributed by atoms with van der Waals surface area (Å²) in [4.78, 5) is 15.9. The Kier molecular flexibility index (Phi) is 9.78. The van der Waals surface area contributed by atoms with Gasteiger partial charge in [-0.05, 0) is 89.0 Å². The van der Waals surface area contributed by atoms with E-state index in [9.17, 15) is 0 Å². The fraction of sp³-hybridized carbons (Fsp3) is 0. The van der Waals surface area contributed by atoms with Gasteiger partial charge in [-0.1, -0.05) is 200 Å². The molecule has 6 nitrogen and oxygen atoms in total. The van der Waals surface area contributed by atoms with Crippen molar-refractivity contribution in [2.45, 2.75) is 0 Å². The van der Waals surface area contributed by atoms with Gasteiger partial charge in [-0.15, -0.1) is 0 Å². The number of para-hydroxylation sites is 4. The molecule has 11 aromatic carbocycles. The Bertz CT molecular complexity index is 4580. The molecule has 0 amide bonds. The fourth-order valence-corrected chi connectivity index (χ4v) is 11.6. The Morgan fingerprint density at radius 2 is 0.667 bits per heavy atom. The topological polar surface area (TPSA) is 53.5 Å². The molecule has 0 aliphatic carbocycles. The minimum absolute atomic E-state index is 0.584. The van der Waals surface area contributed by atoms with Crippen LogP contribution in [0.25, 0.3) is 139 Å². The van der Waals surface area contributed by atoms with E-state index < -0.39 is 0 Å². The maximum atomic E-state index is 5.37. The third-order valence-electron chi connectivity index (χ3n) is 14.9. The highest BCUT2D eigenvalue weighted by Crippen LogP contribution is 2.46. The molecule has 4 aromatic heterocycles. The van der Waals surface area contributed by atoms with Gasteiger partial charge in [-0.3, -0.25) is 0 Å². The average molecular weight is 957 g/mol. The maximum Gasteiger partial charge on any atom is 0.166 e. The predicted octanol–water partition coefficient (Wildman–Crippen LogP) is 17.5. The lowest BCUT2D eigenvalue weighted by atomic mass is 9.95. The number of nitrogens with zero attached hydrogens (tertiary/aromatic N) is 6. The van der Waals surface area contributed by atoms with Crippen LogP contribution in [0.5, 0.6) is 0 Å². The van der Waals surface area contributed by atoms with Gasteiger partial charge in [-0.2, -0.15) is 0 Å². The standard InChI is InChI=1S/C69H44N6/c1-5-21-45(22-6-1)48-39-41-57(69-71-67(46-23-7-2-8-24-46)70-68(72-69)47-25-9-3-10-26-47)63(43-48)75-62-38-20-33-54(53-32-19-37-61-65(53)55-31-15-18-36-60(55)73(61)49-27-11-4-12-28-49)66(62)56-42-40-50(44-64(56)75)74-58-34-16-13-29-51(58)52-30-14-17-35-59(52)74/h1-44H. The molecule has 0 aliphatic rings. The van der Waals surface area contributed by atoms with Gasteiger partial charge in [0.1, 0.15) is 0 Å². The Hall–Kier alpha value is -10.2. The van der Waals surface area contributed by atoms with Crippen molar-refractivity contribution in [3.05, 3.63) is 267 Å². The van der Waals surface area contributed by atoms with Crippen LogP contribution in [0.3, 0.4) is 0 Å². The minimum atomic E-state index is 0.584. The van der Waals surface area contributed by atoms with Crippen molar-refractivity contribution < 1.29 is 0 Å². The first-order valence-corrected chi connectivity index (χ1v) is 25.4. The number of hydrogen-bond acceptors (Lipinski definition) is 3. The third kappa shape index (κ3) is 6.84. The molecule has 0 bridgehead atoms. The molecule has 0 spiro atoms. The van der Waals surface area contributed by atoms with Crippen LogP contribution in [0.2, 0.25) is 0 Å². The van der Waals surface area contributed by atoms with Crippen LogP contribution in [-0.4, -0.2) is 28.7 Å². The molecule has 15 aromatic rings. The largest absolute Gasteiger partial charge is 0.309 e. The normalized spacial score (nSPS) is 11.7. The summed E-state index contributed by atoms with van der Waals surface area (Å²) in [6, 6.07) is 95.4. The number of fused-ring (bicyclic) bond motifs is 9. The molecule has 0 fully saturated rings. The highest BCUT2D eigenvalue weighted by molar-refractivity contribution is 6.23. The van der Waals surface area contributed by atoms with Crippen LogP contribution in [0, 0.1) is 0 Å². The first-order chi connectivity index (χ1) is 37.2.